The molecule has 1 aromatic carbocycles. The molecule has 1 aromatic rings. The van der Waals surface area contributed by atoms with E-state index in [2.05, 4.69) is 6.92 Å². The highest BCUT2D eigenvalue weighted by atomic mass is 16.2. The van der Waals surface area contributed by atoms with E-state index in [1.54, 1.807) is 0 Å². The number of benzene rings is 1. The molecule has 1 aliphatic carbocycles. The summed E-state index contributed by atoms with van der Waals surface area (Å²) in [5.41, 5.74) is 7.67. The molecule has 0 spiro atoms. The number of carbonyl (C=O) groups is 1. The van der Waals surface area contributed by atoms with Gasteiger partial charge in [-0.2, -0.15) is 0 Å². The number of nitrogens with two attached hydrogens (primary N) is 1. The van der Waals surface area contributed by atoms with Crippen LogP contribution in [0, 0.1) is 5.92 Å². The zero-order valence-electron chi connectivity index (χ0n) is 12.6. The summed E-state index contributed by atoms with van der Waals surface area (Å²) in [4.78, 5) is 14.3. The van der Waals surface area contributed by atoms with Gasteiger partial charge in [0.25, 0.3) is 0 Å². The summed E-state index contributed by atoms with van der Waals surface area (Å²) in [5.74, 6) is 0.846. The van der Waals surface area contributed by atoms with Crippen LogP contribution in [0.5, 0.6) is 0 Å². The van der Waals surface area contributed by atoms with Gasteiger partial charge in [0.2, 0.25) is 5.91 Å². The highest BCUT2D eigenvalue weighted by Gasteiger charge is 2.22. The zero-order chi connectivity index (χ0) is 14.5. The second-order valence-electron chi connectivity index (χ2n) is 6.06. The highest BCUT2D eigenvalue weighted by Crippen LogP contribution is 2.28. The van der Waals surface area contributed by atoms with Crippen molar-refractivity contribution in [2.24, 2.45) is 5.92 Å². The smallest absolute Gasteiger partial charge is 0.223 e. The maximum Gasteiger partial charge on any atom is 0.223 e. The Labute approximate surface area is 122 Å². The van der Waals surface area contributed by atoms with Gasteiger partial charge in [-0.15, -0.1) is 0 Å². The van der Waals surface area contributed by atoms with Crippen LogP contribution in [0.3, 0.4) is 0 Å². The van der Waals surface area contributed by atoms with Gasteiger partial charge in [-0.3, -0.25) is 4.79 Å². The molecule has 3 nitrogen and oxygen atoms in total. The Bertz CT molecular complexity index is 452. The molecule has 0 radical (unpaired) electrons. The van der Waals surface area contributed by atoms with Gasteiger partial charge in [0.05, 0.1) is 6.04 Å². The molecule has 0 saturated heterocycles. The lowest BCUT2D eigenvalue weighted by molar-refractivity contribution is -0.133. The first-order valence-electron chi connectivity index (χ1n) is 7.69. The number of nitrogens with zero attached hydrogens (tertiary/aromatic N) is 1. The summed E-state index contributed by atoms with van der Waals surface area (Å²) in [6.45, 7) is 2.06. The average Bonchev–Trinajstić information content (AvgIpc) is 2.46. The zero-order valence-corrected chi connectivity index (χ0v) is 12.6. The van der Waals surface area contributed by atoms with Gasteiger partial charge in [0.1, 0.15) is 0 Å². The van der Waals surface area contributed by atoms with Crippen LogP contribution in [-0.4, -0.2) is 17.9 Å². The Morgan fingerprint density at radius 2 is 2.05 bits per heavy atom. The molecule has 1 fully saturated rings. The topological polar surface area (TPSA) is 46.3 Å². The predicted molar refractivity (Wildman–Crippen MR) is 83.2 cm³/mol. The molecule has 0 aliphatic heterocycles. The van der Waals surface area contributed by atoms with Crippen molar-refractivity contribution in [2.75, 3.05) is 12.8 Å². The van der Waals surface area contributed by atoms with Crippen molar-refractivity contribution < 1.29 is 4.79 Å². The Morgan fingerprint density at radius 3 is 2.70 bits per heavy atom. The summed E-state index contributed by atoms with van der Waals surface area (Å²) in [5, 5.41) is 0. The lowest BCUT2D eigenvalue weighted by Crippen LogP contribution is -2.31. The van der Waals surface area contributed by atoms with E-state index in [0.717, 1.165) is 11.3 Å². The Morgan fingerprint density at radius 1 is 1.35 bits per heavy atom. The van der Waals surface area contributed by atoms with E-state index in [-0.39, 0.29) is 11.9 Å². The Balaban J connectivity index is 1.95. The molecule has 3 heteroatoms. The summed E-state index contributed by atoms with van der Waals surface area (Å²) in [7, 11) is 1.90. The number of amides is 1. The summed E-state index contributed by atoms with van der Waals surface area (Å²) < 4.78 is 0. The molecule has 0 bridgehead atoms. The lowest BCUT2D eigenvalue weighted by Gasteiger charge is -2.28. The average molecular weight is 274 g/mol. The molecule has 2 rings (SSSR count). The van der Waals surface area contributed by atoms with E-state index in [1.165, 1.54) is 32.1 Å². The summed E-state index contributed by atoms with van der Waals surface area (Å²) in [6, 6.07) is 7.89. The fourth-order valence-electron chi connectivity index (χ4n) is 3.04. The molecule has 2 N–H and O–H groups in total. The van der Waals surface area contributed by atoms with Crippen LogP contribution >= 0.6 is 0 Å². The Kier molecular flexibility index (Phi) is 5.05. The van der Waals surface area contributed by atoms with Crippen LogP contribution < -0.4 is 5.73 Å². The number of hydrogen-bond donors (Lipinski definition) is 1. The van der Waals surface area contributed by atoms with Gasteiger partial charge < -0.3 is 10.6 Å². The summed E-state index contributed by atoms with van der Waals surface area (Å²) in [6.07, 6.45) is 7.03. The molecule has 0 heterocycles. The first kappa shape index (κ1) is 14.9. The SMILES string of the molecule is CC(c1cccc(N)c1)N(C)C(=O)CC1CCCCC1. The quantitative estimate of drug-likeness (QED) is 0.850. The predicted octanol–water partition coefficient (Wildman–Crippen LogP) is 3.76. The first-order valence-corrected chi connectivity index (χ1v) is 7.69. The third-order valence-corrected chi connectivity index (χ3v) is 4.56. The van der Waals surface area contributed by atoms with Gasteiger partial charge in [0, 0.05) is 19.2 Å². The fraction of sp³-hybridized carbons (Fsp3) is 0.588. The molecular weight excluding hydrogens is 248 g/mol. The van der Waals surface area contributed by atoms with E-state index in [9.17, 15) is 4.79 Å². The van der Waals surface area contributed by atoms with E-state index < -0.39 is 0 Å². The molecule has 1 atom stereocenters. The highest BCUT2D eigenvalue weighted by molar-refractivity contribution is 5.76. The van der Waals surface area contributed by atoms with Crippen molar-refractivity contribution in [1.29, 1.82) is 0 Å². The van der Waals surface area contributed by atoms with Gasteiger partial charge >= 0.3 is 0 Å². The van der Waals surface area contributed by atoms with Crippen LogP contribution in [0.2, 0.25) is 0 Å². The van der Waals surface area contributed by atoms with Crippen molar-refractivity contribution in [3.63, 3.8) is 0 Å². The normalized spacial score (nSPS) is 17.7. The van der Waals surface area contributed by atoms with Crippen LogP contribution in [0.4, 0.5) is 5.69 Å². The van der Waals surface area contributed by atoms with E-state index in [4.69, 9.17) is 5.73 Å². The third-order valence-electron chi connectivity index (χ3n) is 4.56. The molecule has 1 amide bonds. The molecule has 1 unspecified atom stereocenters. The van der Waals surface area contributed by atoms with Crippen LogP contribution in [0.15, 0.2) is 24.3 Å². The second-order valence-corrected chi connectivity index (χ2v) is 6.06. The third kappa shape index (κ3) is 3.75. The second kappa shape index (κ2) is 6.78. The minimum atomic E-state index is 0.0783. The first-order chi connectivity index (χ1) is 9.58. The maximum atomic E-state index is 12.4. The van der Waals surface area contributed by atoms with Crippen molar-refractivity contribution in [2.45, 2.75) is 51.5 Å². The van der Waals surface area contributed by atoms with Crippen molar-refractivity contribution in [3.05, 3.63) is 29.8 Å². The minimum Gasteiger partial charge on any atom is -0.399 e. The van der Waals surface area contributed by atoms with E-state index >= 15 is 0 Å². The number of nitrogen functional groups attached to an aromatic ring is 1. The molecule has 1 aliphatic rings. The van der Waals surface area contributed by atoms with Gasteiger partial charge in [-0.1, -0.05) is 31.4 Å². The largest absolute Gasteiger partial charge is 0.399 e. The fourth-order valence-corrected chi connectivity index (χ4v) is 3.04. The van der Waals surface area contributed by atoms with Crippen LogP contribution in [-0.2, 0) is 4.79 Å². The molecule has 20 heavy (non-hydrogen) atoms. The number of hydrogen-bond acceptors (Lipinski definition) is 2. The molecule has 0 aromatic heterocycles. The molecule has 1 saturated carbocycles. The number of rotatable bonds is 4. The van der Waals surface area contributed by atoms with Gasteiger partial charge in [0.15, 0.2) is 0 Å². The number of carbonyl (C=O) groups excluding carboxylic acids is 1. The number of anilines is 1. The molecular formula is C17H26N2O. The van der Waals surface area contributed by atoms with Crippen molar-refractivity contribution in [1.82, 2.24) is 4.90 Å². The lowest BCUT2D eigenvalue weighted by atomic mass is 9.86. The summed E-state index contributed by atoms with van der Waals surface area (Å²) >= 11 is 0. The van der Waals surface area contributed by atoms with E-state index in [0.29, 0.717) is 12.3 Å². The van der Waals surface area contributed by atoms with Gasteiger partial charge in [-0.25, -0.2) is 0 Å². The maximum absolute atomic E-state index is 12.4. The van der Waals surface area contributed by atoms with Gasteiger partial charge in [-0.05, 0) is 43.4 Å². The van der Waals surface area contributed by atoms with Crippen molar-refractivity contribution in [3.8, 4) is 0 Å². The minimum absolute atomic E-state index is 0.0783. The van der Waals surface area contributed by atoms with Crippen LogP contribution in [0.25, 0.3) is 0 Å². The standard InChI is InChI=1S/C17H26N2O/c1-13(15-9-6-10-16(18)12-15)19(2)17(20)11-14-7-4-3-5-8-14/h6,9-10,12-14H,3-5,7-8,11,18H2,1-2H3. The van der Waals surface area contributed by atoms with Crippen LogP contribution in [0.1, 0.15) is 57.1 Å². The van der Waals surface area contributed by atoms with E-state index in [1.807, 2.05) is 36.2 Å². The van der Waals surface area contributed by atoms with Crippen molar-refractivity contribution >= 4 is 11.6 Å². The molecule has 110 valence electrons. The monoisotopic (exact) mass is 274 g/mol. The Hall–Kier alpha value is -1.51.